The van der Waals surface area contributed by atoms with Crippen molar-refractivity contribution in [2.45, 2.75) is 26.7 Å². The van der Waals surface area contributed by atoms with Crippen molar-refractivity contribution in [2.75, 3.05) is 31.1 Å². The molecule has 8 heteroatoms. The molecule has 0 N–H and O–H groups in total. The Morgan fingerprint density at radius 1 is 1.10 bits per heavy atom. The zero-order valence-corrected chi connectivity index (χ0v) is 17.9. The normalized spacial score (nSPS) is 14.8. The first-order chi connectivity index (χ1) is 13.9. The van der Waals surface area contributed by atoms with Gasteiger partial charge < -0.3 is 9.80 Å². The average Bonchev–Trinajstić information content (AvgIpc) is 3.01. The zero-order chi connectivity index (χ0) is 20.7. The van der Waals surface area contributed by atoms with Crippen molar-refractivity contribution in [3.05, 3.63) is 46.4 Å². The van der Waals surface area contributed by atoms with Gasteiger partial charge in [0.25, 0.3) is 5.91 Å². The molecule has 0 atom stereocenters. The van der Waals surface area contributed by atoms with Gasteiger partial charge in [-0.1, -0.05) is 37.6 Å². The lowest BCUT2D eigenvalue weighted by molar-refractivity contribution is 0.0746. The van der Waals surface area contributed by atoms with Crippen LogP contribution in [0.2, 0.25) is 5.02 Å². The molecule has 0 aliphatic carbocycles. The molecule has 1 aliphatic heterocycles. The van der Waals surface area contributed by atoms with E-state index >= 15 is 0 Å². The van der Waals surface area contributed by atoms with E-state index in [2.05, 4.69) is 23.8 Å². The Kier molecular flexibility index (Phi) is 5.17. The van der Waals surface area contributed by atoms with E-state index in [4.69, 9.17) is 21.6 Å². The first-order valence-corrected chi connectivity index (χ1v) is 10.2. The van der Waals surface area contributed by atoms with Crippen LogP contribution in [0.15, 0.2) is 24.3 Å². The van der Waals surface area contributed by atoms with Gasteiger partial charge in [0.05, 0.1) is 16.3 Å². The molecule has 29 heavy (non-hydrogen) atoms. The Bertz CT molecular complexity index is 1070. The van der Waals surface area contributed by atoms with Crippen LogP contribution in [0.4, 0.5) is 5.82 Å². The highest BCUT2D eigenvalue weighted by Gasteiger charge is 2.27. The first kappa shape index (κ1) is 19.6. The van der Waals surface area contributed by atoms with Crippen molar-refractivity contribution in [1.82, 2.24) is 24.6 Å². The van der Waals surface area contributed by atoms with Crippen LogP contribution >= 0.6 is 11.6 Å². The summed E-state index contributed by atoms with van der Waals surface area (Å²) in [5.74, 6) is 1.91. The van der Waals surface area contributed by atoms with Crippen molar-refractivity contribution < 1.29 is 4.79 Å². The third-order valence-corrected chi connectivity index (χ3v) is 5.67. The van der Waals surface area contributed by atoms with Gasteiger partial charge >= 0.3 is 0 Å². The predicted octanol–water partition coefficient (Wildman–Crippen LogP) is 3.41. The van der Waals surface area contributed by atoms with Gasteiger partial charge in [-0.05, 0) is 19.1 Å². The van der Waals surface area contributed by atoms with Crippen LogP contribution in [0, 0.1) is 6.92 Å². The Morgan fingerprint density at radius 2 is 1.79 bits per heavy atom. The third kappa shape index (κ3) is 3.55. The number of hydrogen-bond donors (Lipinski definition) is 0. The Hall–Kier alpha value is -2.67. The number of carbonyl (C=O) groups is 1. The van der Waals surface area contributed by atoms with Crippen LogP contribution in [0.1, 0.15) is 41.6 Å². The molecule has 1 saturated heterocycles. The van der Waals surface area contributed by atoms with Crippen LogP contribution in [-0.2, 0) is 7.05 Å². The lowest BCUT2D eigenvalue weighted by atomic mass is 10.1. The standard InChI is InChI=1S/C21H25ClN6O/c1-13(2)19-23-17-14(3)25-26(4)18(17)20(24-19)27-9-11-28(12-10-27)21(29)15-7-5-6-8-16(15)22/h5-8,13H,9-12H2,1-4H3. The maximum absolute atomic E-state index is 12.9. The van der Waals surface area contributed by atoms with Crippen molar-refractivity contribution in [2.24, 2.45) is 7.05 Å². The number of anilines is 1. The third-order valence-electron chi connectivity index (χ3n) is 5.34. The van der Waals surface area contributed by atoms with Gasteiger partial charge in [-0.25, -0.2) is 9.97 Å². The van der Waals surface area contributed by atoms with Gasteiger partial charge in [0.1, 0.15) is 16.9 Å². The number of rotatable bonds is 3. The smallest absolute Gasteiger partial charge is 0.255 e. The minimum absolute atomic E-state index is 0.0256. The lowest BCUT2D eigenvalue weighted by Gasteiger charge is -2.36. The molecule has 0 saturated carbocycles. The Labute approximate surface area is 175 Å². The maximum Gasteiger partial charge on any atom is 0.255 e. The van der Waals surface area contributed by atoms with Gasteiger partial charge in [-0.3, -0.25) is 9.48 Å². The van der Waals surface area contributed by atoms with Gasteiger partial charge in [-0.15, -0.1) is 0 Å². The van der Waals surface area contributed by atoms with E-state index in [1.54, 1.807) is 12.1 Å². The minimum Gasteiger partial charge on any atom is -0.351 e. The van der Waals surface area contributed by atoms with Gasteiger partial charge in [0.15, 0.2) is 5.82 Å². The second kappa shape index (κ2) is 7.63. The summed E-state index contributed by atoms with van der Waals surface area (Å²) >= 11 is 6.21. The average molecular weight is 413 g/mol. The minimum atomic E-state index is -0.0256. The molecule has 1 amide bonds. The van der Waals surface area contributed by atoms with Crippen LogP contribution in [0.3, 0.4) is 0 Å². The first-order valence-electron chi connectivity index (χ1n) is 9.86. The van der Waals surface area contributed by atoms with Crippen molar-refractivity contribution in [3.63, 3.8) is 0 Å². The number of aromatic nitrogens is 4. The molecule has 3 aromatic rings. The number of carbonyl (C=O) groups excluding carboxylic acids is 1. The predicted molar refractivity (Wildman–Crippen MR) is 115 cm³/mol. The number of aryl methyl sites for hydroxylation is 2. The van der Waals surface area contributed by atoms with Crippen LogP contribution < -0.4 is 4.90 Å². The lowest BCUT2D eigenvalue weighted by Crippen LogP contribution is -2.49. The molecule has 0 spiro atoms. The van der Waals surface area contributed by atoms with E-state index in [1.165, 1.54) is 0 Å². The molecule has 1 fully saturated rings. The molecule has 0 bridgehead atoms. The molecule has 2 aromatic heterocycles. The fourth-order valence-corrected chi connectivity index (χ4v) is 3.95. The molecular formula is C21H25ClN6O. The van der Waals surface area contributed by atoms with Gasteiger partial charge in [-0.2, -0.15) is 5.10 Å². The Balaban J connectivity index is 1.61. The summed E-state index contributed by atoms with van der Waals surface area (Å²) in [5, 5.41) is 5.04. The van der Waals surface area contributed by atoms with E-state index < -0.39 is 0 Å². The number of nitrogens with zero attached hydrogens (tertiary/aromatic N) is 6. The zero-order valence-electron chi connectivity index (χ0n) is 17.2. The number of benzene rings is 1. The highest BCUT2D eigenvalue weighted by molar-refractivity contribution is 6.33. The molecular weight excluding hydrogens is 388 g/mol. The number of hydrogen-bond acceptors (Lipinski definition) is 5. The summed E-state index contributed by atoms with van der Waals surface area (Å²) < 4.78 is 1.85. The van der Waals surface area contributed by atoms with Crippen molar-refractivity contribution in [3.8, 4) is 0 Å². The maximum atomic E-state index is 12.9. The topological polar surface area (TPSA) is 67.2 Å². The molecule has 3 heterocycles. The summed E-state index contributed by atoms with van der Waals surface area (Å²) in [7, 11) is 1.93. The van der Waals surface area contributed by atoms with E-state index in [9.17, 15) is 4.79 Å². The fraction of sp³-hybridized carbons (Fsp3) is 0.429. The number of piperazine rings is 1. The molecule has 7 nitrogen and oxygen atoms in total. The van der Waals surface area contributed by atoms with E-state index in [-0.39, 0.29) is 11.8 Å². The molecule has 152 valence electrons. The Morgan fingerprint density at radius 3 is 2.45 bits per heavy atom. The summed E-state index contributed by atoms with van der Waals surface area (Å²) in [6, 6.07) is 7.20. The number of halogens is 1. The van der Waals surface area contributed by atoms with E-state index in [0.29, 0.717) is 36.8 Å². The molecule has 1 aliphatic rings. The molecule has 4 rings (SSSR count). The van der Waals surface area contributed by atoms with Crippen LogP contribution in [0.25, 0.3) is 11.0 Å². The molecule has 1 aromatic carbocycles. The highest BCUT2D eigenvalue weighted by Crippen LogP contribution is 2.29. The van der Waals surface area contributed by atoms with Gasteiger partial charge in [0, 0.05) is 39.1 Å². The number of fused-ring (bicyclic) bond motifs is 1. The summed E-state index contributed by atoms with van der Waals surface area (Å²) in [6.07, 6.45) is 0. The van der Waals surface area contributed by atoms with Gasteiger partial charge in [0.2, 0.25) is 0 Å². The second-order valence-corrected chi connectivity index (χ2v) is 8.13. The van der Waals surface area contributed by atoms with E-state index in [0.717, 1.165) is 28.4 Å². The molecule has 0 unspecified atom stereocenters. The largest absolute Gasteiger partial charge is 0.351 e. The van der Waals surface area contributed by atoms with Crippen molar-refractivity contribution >= 4 is 34.4 Å². The summed E-state index contributed by atoms with van der Waals surface area (Å²) in [6.45, 7) is 8.79. The second-order valence-electron chi connectivity index (χ2n) is 7.73. The summed E-state index contributed by atoms with van der Waals surface area (Å²) in [4.78, 5) is 26.6. The van der Waals surface area contributed by atoms with E-state index in [1.807, 2.05) is 35.7 Å². The number of amides is 1. The van der Waals surface area contributed by atoms with Crippen LogP contribution in [-0.4, -0.2) is 56.7 Å². The fourth-order valence-electron chi connectivity index (χ4n) is 3.74. The van der Waals surface area contributed by atoms with Crippen molar-refractivity contribution in [1.29, 1.82) is 0 Å². The summed E-state index contributed by atoms with van der Waals surface area (Å²) in [5.41, 5.74) is 3.30. The SMILES string of the molecule is Cc1nn(C)c2c(N3CCN(C(=O)c4ccccc4Cl)CC3)nc(C(C)C)nc12. The quantitative estimate of drug-likeness (QED) is 0.659. The molecule has 0 radical (unpaired) electrons. The van der Waals surface area contributed by atoms with Crippen LogP contribution in [0.5, 0.6) is 0 Å². The highest BCUT2D eigenvalue weighted by atomic mass is 35.5. The monoisotopic (exact) mass is 412 g/mol.